The monoisotopic (exact) mass is 245 g/mol. The van der Waals surface area contributed by atoms with Crippen molar-refractivity contribution in [3.8, 4) is 0 Å². The highest BCUT2D eigenvalue weighted by Crippen LogP contribution is 2.21. The number of hydrogen-bond donors (Lipinski definition) is 1. The maximum atomic E-state index is 4.44. The third kappa shape index (κ3) is 1.84. The predicted octanol–water partition coefficient (Wildman–Crippen LogP) is 1.16. The fourth-order valence-corrected chi connectivity index (χ4v) is 2.75. The lowest BCUT2D eigenvalue weighted by atomic mass is 9.94. The van der Waals surface area contributed by atoms with Gasteiger partial charge < -0.3 is 10.2 Å². The van der Waals surface area contributed by atoms with E-state index in [1.54, 1.807) is 6.33 Å². The van der Waals surface area contributed by atoms with E-state index in [1.165, 1.54) is 6.42 Å². The summed E-state index contributed by atoms with van der Waals surface area (Å²) in [5, 5.41) is 3.46. The van der Waals surface area contributed by atoms with Crippen molar-refractivity contribution < 1.29 is 0 Å². The Kier molecular flexibility index (Phi) is 2.91. The fraction of sp³-hybridized carbons (Fsp3) is 0.538. The quantitative estimate of drug-likeness (QED) is 0.862. The van der Waals surface area contributed by atoms with E-state index in [1.807, 2.05) is 22.7 Å². The van der Waals surface area contributed by atoms with Crippen LogP contribution in [0.2, 0.25) is 0 Å². The smallest absolute Gasteiger partial charge is 0.212 e. The summed E-state index contributed by atoms with van der Waals surface area (Å²) in [4.78, 5) is 11.0. The molecular formula is C13H19N5. The first-order valence-electron chi connectivity index (χ1n) is 6.49. The van der Waals surface area contributed by atoms with E-state index in [9.17, 15) is 0 Å². The molecule has 0 spiro atoms. The van der Waals surface area contributed by atoms with E-state index in [-0.39, 0.29) is 0 Å². The zero-order valence-corrected chi connectivity index (χ0v) is 10.9. The van der Waals surface area contributed by atoms with Crippen LogP contribution in [0.3, 0.4) is 0 Å². The minimum absolute atomic E-state index is 0.485. The molecule has 0 amide bonds. The third-order valence-corrected chi connectivity index (χ3v) is 3.91. The van der Waals surface area contributed by atoms with Crippen molar-refractivity contribution in [2.45, 2.75) is 19.4 Å². The Hall–Kier alpha value is -1.62. The molecule has 0 aliphatic carbocycles. The van der Waals surface area contributed by atoms with Crippen molar-refractivity contribution in [2.75, 3.05) is 25.0 Å². The van der Waals surface area contributed by atoms with E-state index in [0.717, 1.165) is 24.7 Å². The zero-order valence-electron chi connectivity index (χ0n) is 10.9. The summed E-state index contributed by atoms with van der Waals surface area (Å²) < 4.78 is 2.04. The Balaban J connectivity index is 1.95. The number of anilines is 1. The van der Waals surface area contributed by atoms with E-state index in [2.05, 4.69) is 34.2 Å². The maximum Gasteiger partial charge on any atom is 0.212 e. The first kappa shape index (κ1) is 11.5. The SMILES string of the molecule is C[C@@H]1CCNC[C@@H]1N(C)c1ncnc2cccn12. The van der Waals surface area contributed by atoms with E-state index >= 15 is 0 Å². The number of fused-ring (bicyclic) bond motifs is 1. The Morgan fingerprint density at radius 2 is 2.33 bits per heavy atom. The molecule has 0 aromatic carbocycles. The molecule has 2 atom stereocenters. The van der Waals surface area contributed by atoms with Gasteiger partial charge in [-0.05, 0) is 31.0 Å². The highest BCUT2D eigenvalue weighted by molar-refractivity contribution is 5.46. The van der Waals surface area contributed by atoms with E-state index in [4.69, 9.17) is 0 Å². The van der Waals surface area contributed by atoms with Gasteiger partial charge in [0.2, 0.25) is 5.95 Å². The minimum Gasteiger partial charge on any atom is -0.340 e. The van der Waals surface area contributed by atoms with Crippen LogP contribution in [0.4, 0.5) is 5.95 Å². The van der Waals surface area contributed by atoms with Crippen LogP contribution < -0.4 is 10.2 Å². The molecule has 1 aliphatic rings. The third-order valence-electron chi connectivity index (χ3n) is 3.91. The van der Waals surface area contributed by atoms with Crippen molar-refractivity contribution >= 4 is 11.6 Å². The van der Waals surface area contributed by atoms with Crippen molar-refractivity contribution in [2.24, 2.45) is 5.92 Å². The molecule has 1 saturated heterocycles. The highest BCUT2D eigenvalue weighted by atomic mass is 15.3. The van der Waals surface area contributed by atoms with Crippen LogP contribution in [0, 0.1) is 5.92 Å². The second-order valence-electron chi connectivity index (χ2n) is 5.06. The van der Waals surface area contributed by atoms with Crippen molar-refractivity contribution in [1.82, 2.24) is 19.7 Å². The average Bonchev–Trinajstić information content (AvgIpc) is 2.86. The van der Waals surface area contributed by atoms with Crippen LogP contribution in [0.1, 0.15) is 13.3 Å². The highest BCUT2D eigenvalue weighted by Gasteiger charge is 2.26. The Morgan fingerprint density at radius 1 is 1.44 bits per heavy atom. The normalized spacial score (nSPS) is 24.3. The second-order valence-corrected chi connectivity index (χ2v) is 5.06. The summed E-state index contributed by atoms with van der Waals surface area (Å²) in [6, 6.07) is 4.49. The topological polar surface area (TPSA) is 45.5 Å². The molecule has 0 unspecified atom stereocenters. The summed E-state index contributed by atoms with van der Waals surface area (Å²) >= 11 is 0. The number of nitrogens with zero attached hydrogens (tertiary/aromatic N) is 4. The number of piperidine rings is 1. The zero-order chi connectivity index (χ0) is 12.5. The molecule has 0 saturated carbocycles. The maximum absolute atomic E-state index is 4.44. The lowest BCUT2D eigenvalue weighted by Crippen LogP contribution is -2.49. The standard InChI is InChI=1S/C13H19N5/c1-10-5-6-14-8-11(10)17(2)13-16-9-15-12-4-3-7-18(12)13/h3-4,7,9-11,14H,5-6,8H2,1-2H3/t10-,11+/m1/s1. The molecule has 96 valence electrons. The number of nitrogens with one attached hydrogen (secondary N) is 1. The van der Waals surface area contributed by atoms with Crippen molar-refractivity contribution in [1.29, 1.82) is 0 Å². The first-order chi connectivity index (χ1) is 8.77. The molecule has 5 heteroatoms. The van der Waals surface area contributed by atoms with Crippen LogP contribution in [0.15, 0.2) is 24.7 Å². The molecule has 2 aromatic heterocycles. The number of likely N-dealkylation sites (N-methyl/N-ethyl adjacent to an activating group) is 1. The number of rotatable bonds is 2. The number of aromatic nitrogens is 3. The van der Waals surface area contributed by atoms with Crippen LogP contribution >= 0.6 is 0 Å². The Morgan fingerprint density at radius 3 is 3.17 bits per heavy atom. The molecule has 18 heavy (non-hydrogen) atoms. The number of hydrogen-bond acceptors (Lipinski definition) is 4. The molecule has 3 rings (SSSR count). The van der Waals surface area contributed by atoms with Crippen molar-refractivity contribution in [3.63, 3.8) is 0 Å². The van der Waals surface area contributed by atoms with Crippen LogP contribution in [-0.4, -0.2) is 40.5 Å². The van der Waals surface area contributed by atoms with Gasteiger partial charge >= 0.3 is 0 Å². The van der Waals surface area contributed by atoms with Gasteiger partial charge in [0.25, 0.3) is 0 Å². The van der Waals surface area contributed by atoms with Crippen molar-refractivity contribution in [3.05, 3.63) is 24.7 Å². The average molecular weight is 245 g/mol. The molecule has 0 radical (unpaired) electrons. The molecule has 1 N–H and O–H groups in total. The summed E-state index contributed by atoms with van der Waals surface area (Å²) in [6.45, 7) is 4.45. The van der Waals surface area contributed by atoms with Crippen LogP contribution in [-0.2, 0) is 0 Å². The largest absolute Gasteiger partial charge is 0.340 e. The first-order valence-corrected chi connectivity index (χ1v) is 6.49. The molecule has 2 aromatic rings. The van der Waals surface area contributed by atoms with Gasteiger partial charge in [0.05, 0.1) is 0 Å². The second kappa shape index (κ2) is 4.57. The molecule has 1 aliphatic heterocycles. The summed E-state index contributed by atoms with van der Waals surface area (Å²) in [7, 11) is 2.12. The van der Waals surface area contributed by atoms with Gasteiger partial charge in [0, 0.05) is 25.8 Å². The van der Waals surface area contributed by atoms with Gasteiger partial charge in [-0.15, -0.1) is 0 Å². The van der Waals surface area contributed by atoms with Gasteiger partial charge in [-0.25, -0.2) is 9.97 Å². The molecule has 1 fully saturated rings. The lowest BCUT2D eigenvalue weighted by Gasteiger charge is -2.37. The summed E-state index contributed by atoms with van der Waals surface area (Å²) in [6.07, 6.45) is 4.87. The molecular weight excluding hydrogens is 226 g/mol. The van der Waals surface area contributed by atoms with Gasteiger partial charge in [-0.3, -0.25) is 4.40 Å². The predicted molar refractivity (Wildman–Crippen MR) is 71.8 cm³/mol. The fourth-order valence-electron chi connectivity index (χ4n) is 2.75. The molecule has 3 heterocycles. The summed E-state index contributed by atoms with van der Waals surface area (Å²) in [5.41, 5.74) is 0.947. The lowest BCUT2D eigenvalue weighted by molar-refractivity contribution is 0.335. The van der Waals surface area contributed by atoms with Gasteiger partial charge in [0.15, 0.2) is 0 Å². The van der Waals surface area contributed by atoms with E-state index in [0.29, 0.717) is 12.0 Å². The molecule has 5 nitrogen and oxygen atoms in total. The van der Waals surface area contributed by atoms with E-state index < -0.39 is 0 Å². The van der Waals surface area contributed by atoms with Gasteiger partial charge in [-0.2, -0.15) is 0 Å². The Bertz CT molecular complexity index is 535. The van der Waals surface area contributed by atoms with Crippen LogP contribution in [0.5, 0.6) is 0 Å². The Labute approximate surface area is 107 Å². The van der Waals surface area contributed by atoms with Crippen LogP contribution in [0.25, 0.3) is 5.65 Å². The summed E-state index contributed by atoms with van der Waals surface area (Å²) in [5.74, 6) is 1.64. The van der Waals surface area contributed by atoms with Gasteiger partial charge in [0.1, 0.15) is 12.0 Å². The minimum atomic E-state index is 0.485. The van der Waals surface area contributed by atoms with Gasteiger partial charge in [-0.1, -0.05) is 6.92 Å². The molecule has 0 bridgehead atoms.